The van der Waals surface area contributed by atoms with Crippen LogP contribution in [0.1, 0.15) is 5.56 Å². The maximum atomic E-state index is 12.9. The van der Waals surface area contributed by atoms with Gasteiger partial charge in [-0.05, 0) is 6.07 Å². The van der Waals surface area contributed by atoms with Crippen molar-refractivity contribution in [3.05, 3.63) is 35.8 Å². The fraction of sp³-hybridized carbons (Fsp3) is 0.111. The van der Waals surface area contributed by atoms with E-state index in [0.717, 1.165) is 6.26 Å². The summed E-state index contributed by atoms with van der Waals surface area (Å²) in [5.74, 6) is -0.389. The number of aliphatic hydroxyl groups excluding tert-OH is 1. The number of halogens is 1. The molecule has 2 nitrogen and oxygen atoms in total. The minimum absolute atomic E-state index is 0.135. The Morgan fingerprint density at radius 2 is 2.25 bits per heavy atom. The second-order valence-electron chi connectivity index (χ2n) is 2.54. The van der Waals surface area contributed by atoms with E-state index in [1.807, 2.05) is 0 Å². The monoisotopic (exact) mass is 166 g/mol. The first-order valence-electron chi connectivity index (χ1n) is 3.58. The van der Waals surface area contributed by atoms with E-state index < -0.39 is 0 Å². The average molecular weight is 166 g/mol. The van der Waals surface area contributed by atoms with Gasteiger partial charge in [0.1, 0.15) is 11.8 Å². The maximum absolute atomic E-state index is 12.9. The van der Waals surface area contributed by atoms with E-state index >= 15 is 0 Å². The summed E-state index contributed by atoms with van der Waals surface area (Å²) in [5, 5.41) is 9.28. The van der Waals surface area contributed by atoms with Crippen LogP contribution >= 0.6 is 0 Å². The lowest BCUT2D eigenvalue weighted by atomic mass is 10.1. The standard InChI is InChI=1S/C9H7FO2/c10-8-5-12-9-6(4-11)2-1-3-7(8)9/h1-3,5,11H,4H2. The zero-order chi connectivity index (χ0) is 8.55. The normalized spacial score (nSPS) is 10.8. The highest BCUT2D eigenvalue weighted by atomic mass is 19.1. The minimum Gasteiger partial charge on any atom is -0.461 e. The molecule has 62 valence electrons. The van der Waals surface area contributed by atoms with E-state index in [4.69, 9.17) is 9.52 Å². The Bertz CT molecular complexity index is 406. The topological polar surface area (TPSA) is 33.4 Å². The zero-order valence-electron chi connectivity index (χ0n) is 6.25. The molecule has 1 heterocycles. The van der Waals surface area contributed by atoms with Gasteiger partial charge in [-0.15, -0.1) is 0 Å². The van der Waals surface area contributed by atoms with Crippen molar-refractivity contribution < 1.29 is 13.9 Å². The molecule has 1 N–H and O–H groups in total. The predicted octanol–water partition coefficient (Wildman–Crippen LogP) is 2.06. The van der Waals surface area contributed by atoms with Crippen LogP contribution in [0.4, 0.5) is 4.39 Å². The third-order valence-corrected chi connectivity index (χ3v) is 1.80. The molecular formula is C9H7FO2. The molecular weight excluding hydrogens is 159 g/mol. The second kappa shape index (κ2) is 2.60. The van der Waals surface area contributed by atoms with Crippen LogP contribution < -0.4 is 0 Å². The molecule has 0 aliphatic heterocycles. The number of benzene rings is 1. The molecule has 12 heavy (non-hydrogen) atoms. The first kappa shape index (κ1) is 7.31. The van der Waals surface area contributed by atoms with Crippen LogP contribution in [-0.4, -0.2) is 5.11 Å². The highest BCUT2D eigenvalue weighted by Gasteiger charge is 2.07. The van der Waals surface area contributed by atoms with Crippen molar-refractivity contribution in [1.29, 1.82) is 0 Å². The molecule has 0 bridgehead atoms. The number of rotatable bonds is 1. The lowest BCUT2D eigenvalue weighted by molar-refractivity contribution is 0.281. The molecule has 0 atom stereocenters. The van der Waals surface area contributed by atoms with Crippen LogP contribution in [0.3, 0.4) is 0 Å². The molecule has 0 saturated carbocycles. The van der Waals surface area contributed by atoms with Gasteiger partial charge < -0.3 is 9.52 Å². The Kier molecular flexibility index (Phi) is 1.59. The van der Waals surface area contributed by atoms with Gasteiger partial charge in [0.05, 0.1) is 12.0 Å². The van der Waals surface area contributed by atoms with Crippen LogP contribution in [0, 0.1) is 5.82 Å². The van der Waals surface area contributed by atoms with Crippen LogP contribution in [-0.2, 0) is 6.61 Å². The quantitative estimate of drug-likeness (QED) is 0.703. The molecule has 3 heteroatoms. The van der Waals surface area contributed by atoms with E-state index in [0.29, 0.717) is 16.5 Å². The van der Waals surface area contributed by atoms with Gasteiger partial charge in [-0.1, -0.05) is 12.1 Å². The Balaban J connectivity index is 2.81. The minimum atomic E-state index is -0.389. The van der Waals surface area contributed by atoms with Crippen molar-refractivity contribution in [1.82, 2.24) is 0 Å². The largest absolute Gasteiger partial charge is 0.461 e. The van der Waals surface area contributed by atoms with Crippen molar-refractivity contribution in [2.75, 3.05) is 0 Å². The number of hydrogen-bond acceptors (Lipinski definition) is 2. The number of aliphatic hydroxyl groups is 1. The van der Waals surface area contributed by atoms with Gasteiger partial charge in [0.25, 0.3) is 0 Å². The number of para-hydroxylation sites is 1. The molecule has 2 rings (SSSR count). The zero-order valence-corrected chi connectivity index (χ0v) is 6.25. The summed E-state index contributed by atoms with van der Waals surface area (Å²) in [6.07, 6.45) is 1.05. The van der Waals surface area contributed by atoms with Crippen molar-refractivity contribution in [2.24, 2.45) is 0 Å². The summed E-state index contributed by atoms with van der Waals surface area (Å²) in [6.45, 7) is -0.135. The van der Waals surface area contributed by atoms with Gasteiger partial charge in [0.15, 0.2) is 5.82 Å². The van der Waals surface area contributed by atoms with Crippen molar-refractivity contribution in [3.63, 3.8) is 0 Å². The fourth-order valence-corrected chi connectivity index (χ4v) is 1.21. The molecule has 0 fully saturated rings. The van der Waals surface area contributed by atoms with E-state index in [1.54, 1.807) is 18.2 Å². The Morgan fingerprint density at radius 1 is 1.42 bits per heavy atom. The summed E-state index contributed by atoms with van der Waals surface area (Å²) in [6, 6.07) is 5.01. The highest BCUT2D eigenvalue weighted by Crippen LogP contribution is 2.22. The Hall–Kier alpha value is -1.35. The Labute approximate surface area is 68.2 Å². The van der Waals surface area contributed by atoms with Gasteiger partial charge >= 0.3 is 0 Å². The summed E-state index contributed by atoms with van der Waals surface area (Å²) in [4.78, 5) is 0. The molecule has 1 aromatic carbocycles. The molecule has 0 saturated heterocycles. The SMILES string of the molecule is OCc1cccc2c(F)coc12. The second-order valence-corrected chi connectivity index (χ2v) is 2.54. The summed E-state index contributed by atoms with van der Waals surface area (Å²) in [7, 11) is 0. The van der Waals surface area contributed by atoms with E-state index in [2.05, 4.69) is 0 Å². The summed E-state index contributed by atoms with van der Waals surface area (Å²) in [5.41, 5.74) is 1.04. The number of fused-ring (bicyclic) bond motifs is 1. The Morgan fingerprint density at radius 3 is 3.00 bits per heavy atom. The van der Waals surface area contributed by atoms with Crippen LogP contribution in [0.2, 0.25) is 0 Å². The highest BCUT2D eigenvalue weighted by molar-refractivity contribution is 5.80. The molecule has 1 aromatic heterocycles. The van der Waals surface area contributed by atoms with Crippen LogP contribution in [0.15, 0.2) is 28.9 Å². The lowest BCUT2D eigenvalue weighted by Crippen LogP contribution is -1.82. The summed E-state index contributed by atoms with van der Waals surface area (Å²) < 4.78 is 17.8. The van der Waals surface area contributed by atoms with Gasteiger partial charge in [0, 0.05) is 5.56 Å². The molecule has 2 aromatic rings. The fourth-order valence-electron chi connectivity index (χ4n) is 1.21. The van der Waals surface area contributed by atoms with Crippen molar-refractivity contribution >= 4 is 11.0 Å². The first-order chi connectivity index (χ1) is 5.83. The molecule has 0 radical (unpaired) electrons. The third kappa shape index (κ3) is 0.905. The average Bonchev–Trinajstić information content (AvgIpc) is 2.48. The van der Waals surface area contributed by atoms with E-state index in [-0.39, 0.29) is 12.4 Å². The van der Waals surface area contributed by atoms with Crippen LogP contribution in [0.25, 0.3) is 11.0 Å². The van der Waals surface area contributed by atoms with Gasteiger partial charge in [-0.3, -0.25) is 0 Å². The molecule has 0 amide bonds. The molecule has 0 unspecified atom stereocenters. The summed E-state index contributed by atoms with van der Waals surface area (Å²) >= 11 is 0. The van der Waals surface area contributed by atoms with Crippen molar-refractivity contribution in [2.45, 2.75) is 6.61 Å². The predicted molar refractivity (Wildman–Crippen MR) is 42.1 cm³/mol. The van der Waals surface area contributed by atoms with E-state index in [1.165, 1.54) is 0 Å². The van der Waals surface area contributed by atoms with Crippen molar-refractivity contribution in [3.8, 4) is 0 Å². The van der Waals surface area contributed by atoms with Gasteiger partial charge in [-0.2, -0.15) is 0 Å². The number of hydrogen-bond donors (Lipinski definition) is 1. The molecule has 0 aliphatic rings. The maximum Gasteiger partial charge on any atom is 0.169 e. The van der Waals surface area contributed by atoms with Gasteiger partial charge in [-0.25, -0.2) is 4.39 Å². The van der Waals surface area contributed by atoms with E-state index in [9.17, 15) is 4.39 Å². The lowest BCUT2D eigenvalue weighted by Gasteiger charge is -1.94. The van der Waals surface area contributed by atoms with Gasteiger partial charge in [0.2, 0.25) is 0 Å². The molecule has 0 aliphatic carbocycles. The first-order valence-corrected chi connectivity index (χ1v) is 3.58. The van der Waals surface area contributed by atoms with Crippen LogP contribution in [0.5, 0.6) is 0 Å². The molecule has 0 spiro atoms. The smallest absolute Gasteiger partial charge is 0.169 e. The number of furan rings is 1. The third-order valence-electron chi connectivity index (χ3n) is 1.80.